The minimum atomic E-state index is 0.615. The molecule has 0 radical (unpaired) electrons. The van der Waals surface area contributed by atoms with E-state index in [1.807, 2.05) is 19.9 Å². The van der Waals surface area contributed by atoms with Gasteiger partial charge >= 0.3 is 0 Å². The number of nitrogens with zero attached hydrogens (tertiary/aromatic N) is 4. The third-order valence-corrected chi connectivity index (χ3v) is 2.09. The molecule has 2 rings (SSSR count). The first-order valence-corrected chi connectivity index (χ1v) is 5.04. The minimum absolute atomic E-state index is 0.615. The van der Waals surface area contributed by atoms with Crippen molar-refractivity contribution in [1.29, 1.82) is 0 Å². The smallest absolute Gasteiger partial charge is 0.129 e. The number of hydrogen-bond donors (Lipinski definition) is 1. The van der Waals surface area contributed by atoms with E-state index in [1.54, 1.807) is 18.7 Å². The van der Waals surface area contributed by atoms with Crippen molar-refractivity contribution in [3.05, 3.63) is 41.9 Å². The van der Waals surface area contributed by atoms with Crippen LogP contribution in [0.5, 0.6) is 0 Å². The second-order valence-corrected chi connectivity index (χ2v) is 3.55. The zero-order chi connectivity index (χ0) is 11.4. The van der Waals surface area contributed by atoms with Gasteiger partial charge < -0.3 is 5.32 Å². The van der Waals surface area contributed by atoms with Crippen LogP contribution in [0.25, 0.3) is 0 Å². The molecule has 2 aromatic heterocycles. The largest absolute Gasteiger partial charge is 0.364 e. The van der Waals surface area contributed by atoms with Gasteiger partial charge in [-0.15, -0.1) is 0 Å². The van der Waals surface area contributed by atoms with Crippen molar-refractivity contribution in [2.75, 3.05) is 5.32 Å². The lowest BCUT2D eigenvalue weighted by atomic mass is 10.4. The predicted molar refractivity (Wildman–Crippen MR) is 60.9 cm³/mol. The van der Waals surface area contributed by atoms with Crippen LogP contribution in [0.2, 0.25) is 0 Å². The Labute approximate surface area is 94.0 Å². The highest BCUT2D eigenvalue weighted by Gasteiger charge is 1.97. The van der Waals surface area contributed by atoms with E-state index >= 15 is 0 Å². The second-order valence-electron chi connectivity index (χ2n) is 3.55. The molecule has 0 saturated carbocycles. The van der Waals surface area contributed by atoms with Gasteiger partial charge in [0.2, 0.25) is 0 Å². The minimum Gasteiger partial charge on any atom is -0.364 e. The average Bonchev–Trinajstić information content (AvgIpc) is 2.28. The first-order valence-electron chi connectivity index (χ1n) is 5.04. The van der Waals surface area contributed by atoms with Gasteiger partial charge in [-0.05, 0) is 13.8 Å². The summed E-state index contributed by atoms with van der Waals surface area (Å²) in [5.74, 6) is 0.801. The van der Waals surface area contributed by atoms with Gasteiger partial charge in [-0.2, -0.15) is 0 Å². The van der Waals surface area contributed by atoms with Crippen LogP contribution in [0.15, 0.2) is 24.8 Å². The Bertz CT molecular complexity index is 466. The van der Waals surface area contributed by atoms with E-state index in [4.69, 9.17) is 0 Å². The fourth-order valence-corrected chi connectivity index (χ4v) is 1.24. The molecule has 2 heterocycles. The molecule has 5 heteroatoms. The summed E-state index contributed by atoms with van der Waals surface area (Å²) in [4.78, 5) is 16.6. The Balaban J connectivity index is 1.99. The van der Waals surface area contributed by atoms with Crippen molar-refractivity contribution in [2.45, 2.75) is 20.4 Å². The van der Waals surface area contributed by atoms with Crippen molar-refractivity contribution in [3.63, 3.8) is 0 Å². The van der Waals surface area contributed by atoms with Gasteiger partial charge in [-0.1, -0.05) is 0 Å². The van der Waals surface area contributed by atoms with Gasteiger partial charge in [0.15, 0.2) is 0 Å². The van der Waals surface area contributed by atoms with E-state index in [1.165, 1.54) is 0 Å². The molecule has 0 atom stereocenters. The summed E-state index contributed by atoms with van der Waals surface area (Å²) in [7, 11) is 0. The summed E-state index contributed by atoms with van der Waals surface area (Å²) in [6.07, 6.45) is 5.05. The highest BCUT2D eigenvalue weighted by Crippen LogP contribution is 2.04. The quantitative estimate of drug-likeness (QED) is 0.840. The first kappa shape index (κ1) is 10.5. The lowest BCUT2D eigenvalue weighted by Crippen LogP contribution is -2.04. The molecule has 1 N–H and O–H groups in total. The van der Waals surface area contributed by atoms with E-state index in [0.717, 1.165) is 22.9 Å². The standard InChI is InChI=1S/C11H13N5/c1-8-3-11(16-7-15-8)14-6-10-5-12-9(2)4-13-10/h3-5,7H,6H2,1-2H3,(H,14,15,16). The highest BCUT2D eigenvalue weighted by atomic mass is 15.0. The lowest BCUT2D eigenvalue weighted by Gasteiger charge is -2.04. The number of hydrogen-bond acceptors (Lipinski definition) is 5. The Hall–Kier alpha value is -2.04. The summed E-state index contributed by atoms with van der Waals surface area (Å²) in [5.41, 5.74) is 2.75. The zero-order valence-corrected chi connectivity index (χ0v) is 9.31. The van der Waals surface area contributed by atoms with Gasteiger partial charge in [0.1, 0.15) is 12.1 Å². The van der Waals surface area contributed by atoms with Crippen molar-refractivity contribution in [1.82, 2.24) is 19.9 Å². The molecular formula is C11H13N5. The van der Waals surface area contributed by atoms with Crippen LogP contribution in [0.4, 0.5) is 5.82 Å². The monoisotopic (exact) mass is 215 g/mol. The summed E-state index contributed by atoms with van der Waals surface area (Å²) >= 11 is 0. The van der Waals surface area contributed by atoms with E-state index in [2.05, 4.69) is 25.3 Å². The molecule has 5 nitrogen and oxygen atoms in total. The third-order valence-electron chi connectivity index (χ3n) is 2.09. The predicted octanol–water partition coefficient (Wildman–Crippen LogP) is 1.50. The Morgan fingerprint density at radius 1 is 1.00 bits per heavy atom. The molecule has 0 saturated heterocycles. The van der Waals surface area contributed by atoms with Crippen molar-refractivity contribution < 1.29 is 0 Å². The molecule has 0 aliphatic heterocycles. The van der Waals surface area contributed by atoms with Gasteiger partial charge in [0.05, 0.1) is 24.1 Å². The summed E-state index contributed by atoms with van der Waals surface area (Å²) in [6.45, 7) is 4.46. The molecule has 0 unspecified atom stereocenters. The molecule has 16 heavy (non-hydrogen) atoms. The fraction of sp³-hybridized carbons (Fsp3) is 0.273. The zero-order valence-electron chi connectivity index (χ0n) is 9.31. The first-order chi connectivity index (χ1) is 7.74. The van der Waals surface area contributed by atoms with Gasteiger partial charge in [0, 0.05) is 18.0 Å². The van der Waals surface area contributed by atoms with E-state index in [-0.39, 0.29) is 0 Å². The normalized spacial score (nSPS) is 10.1. The van der Waals surface area contributed by atoms with Crippen molar-refractivity contribution in [2.24, 2.45) is 0 Å². The molecular weight excluding hydrogens is 202 g/mol. The average molecular weight is 215 g/mol. The molecule has 0 aliphatic rings. The van der Waals surface area contributed by atoms with Crippen LogP contribution >= 0.6 is 0 Å². The van der Waals surface area contributed by atoms with Gasteiger partial charge in [-0.25, -0.2) is 9.97 Å². The van der Waals surface area contributed by atoms with Crippen LogP contribution in [0, 0.1) is 13.8 Å². The van der Waals surface area contributed by atoms with Gasteiger partial charge in [0.25, 0.3) is 0 Å². The molecule has 0 fully saturated rings. The van der Waals surface area contributed by atoms with Crippen molar-refractivity contribution >= 4 is 5.82 Å². The second kappa shape index (κ2) is 4.65. The van der Waals surface area contributed by atoms with Crippen molar-refractivity contribution in [3.8, 4) is 0 Å². The molecule has 0 aromatic carbocycles. The molecule has 0 aliphatic carbocycles. The molecule has 82 valence electrons. The van der Waals surface area contributed by atoms with Gasteiger partial charge in [-0.3, -0.25) is 9.97 Å². The molecule has 0 bridgehead atoms. The summed E-state index contributed by atoms with van der Waals surface area (Å²) < 4.78 is 0. The number of anilines is 1. The maximum atomic E-state index is 4.25. The maximum Gasteiger partial charge on any atom is 0.129 e. The fourth-order valence-electron chi connectivity index (χ4n) is 1.24. The Morgan fingerprint density at radius 2 is 1.88 bits per heavy atom. The summed E-state index contributed by atoms with van der Waals surface area (Å²) in [6, 6.07) is 1.89. The molecule has 0 spiro atoms. The number of nitrogens with one attached hydrogen (secondary N) is 1. The third kappa shape index (κ3) is 2.73. The van der Waals surface area contributed by atoms with Crippen LogP contribution in [0.1, 0.15) is 17.1 Å². The lowest BCUT2D eigenvalue weighted by molar-refractivity contribution is 0.969. The Kier molecular flexibility index (Phi) is 3.05. The number of aromatic nitrogens is 4. The Morgan fingerprint density at radius 3 is 2.56 bits per heavy atom. The molecule has 0 amide bonds. The van der Waals surface area contributed by atoms with Crippen LogP contribution in [-0.2, 0) is 6.54 Å². The van der Waals surface area contributed by atoms with Crippen LogP contribution in [-0.4, -0.2) is 19.9 Å². The van der Waals surface area contributed by atoms with Crippen LogP contribution in [0.3, 0.4) is 0 Å². The summed E-state index contributed by atoms with van der Waals surface area (Å²) in [5, 5.41) is 3.17. The number of aryl methyl sites for hydroxylation is 2. The van der Waals surface area contributed by atoms with Crippen LogP contribution < -0.4 is 5.32 Å². The molecule has 2 aromatic rings. The topological polar surface area (TPSA) is 63.6 Å². The van der Waals surface area contributed by atoms with E-state index in [9.17, 15) is 0 Å². The van der Waals surface area contributed by atoms with E-state index < -0.39 is 0 Å². The maximum absolute atomic E-state index is 4.25. The highest BCUT2D eigenvalue weighted by molar-refractivity contribution is 5.34. The number of rotatable bonds is 3. The van der Waals surface area contributed by atoms with E-state index in [0.29, 0.717) is 6.54 Å². The SMILES string of the molecule is Cc1cnc(CNc2cc(C)ncn2)cn1.